The van der Waals surface area contributed by atoms with Gasteiger partial charge in [-0.3, -0.25) is 4.79 Å². The number of carbonyl (C=O) groups excluding carboxylic acids is 1. The second-order valence-electron chi connectivity index (χ2n) is 5.78. The number of rotatable bonds is 5. The van der Waals surface area contributed by atoms with Gasteiger partial charge in [0.2, 0.25) is 5.91 Å². The molecule has 22 heavy (non-hydrogen) atoms. The van der Waals surface area contributed by atoms with Crippen LogP contribution in [0.15, 0.2) is 36.5 Å². The average molecular weight is 295 g/mol. The Bertz CT molecular complexity index is 675. The maximum absolute atomic E-state index is 11.7. The molecule has 3 rings (SSSR count). The van der Waals surface area contributed by atoms with Crippen LogP contribution in [0.2, 0.25) is 0 Å². The molecule has 2 N–H and O–H groups in total. The first kappa shape index (κ1) is 14.6. The van der Waals surface area contributed by atoms with E-state index in [0.717, 1.165) is 30.6 Å². The van der Waals surface area contributed by atoms with Gasteiger partial charge in [0.25, 0.3) is 0 Å². The summed E-state index contributed by atoms with van der Waals surface area (Å²) >= 11 is 0. The lowest BCUT2D eigenvalue weighted by molar-refractivity contribution is -0.117. The summed E-state index contributed by atoms with van der Waals surface area (Å²) in [5, 5.41) is 6.28. The van der Waals surface area contributed by atoms with Gasteiger partial charge in [-0.05, 0) is 49.4 Å². The van der Waals surface area contributed by atoms with Gasteiger partial charge in [-0.1, -0.05) is 25.1 Å². The molecule has 1 aromatic heterocycles. The summed E-state index contributed by atoms with van der Waals surface area (Å²) in [7, 11) is 0. The largest absolute Gasteiger partial charge is 0.354 e. The number of benzene rings is 1. The molecule has 1 fully saturated rings. The first-order valence-electron chi connectivity index (χ1n) is 7.80. The molecular formula is C18H21N3O. The van der Waals surface area contributed by atoms with Gasteiger partial charge in [0, 0.05) is 11.6 Å². The lowest BCUT2D eigenvalue weighted by Crippen LogP contribution is -2.14. The highest BCUT2D eigenvalue weighted by molar-refractivity contribution is 5.93. The Kier molecular flexibility index (Phi) is 4.09. The molecule has 0 radical (unpaired) electrons. The number of hydrogen-bond acceptors (Lipinski definition) is 3. The Labute approximate surface area is 131 Å². The van der Waals surface area contributed by atoms with E-state index in [-0.39, 0.29) is 11.8 Å². The van der Waals surface area contributed by atoms with Crippen molar-refractivity contribution in [3.63, 3.8) is 0 Å². The van der Waals surface area contributed by atoms with Gasteiger partial charge >= 0.3 is 0 Å². The van der Waals surface area contributed by atoms with Crippen molar-refractivity contribution >= 4 is 23.1 Å². The zero-order chi connectivity index (χ0) is 15.5. The zero-order valence-corrected chi connectivity index (χ0v) is 13.0. The van der Waals surface area contributed by atoms with E-state index in [4.69, 9.17) is 0 Å². The highest BCUT2D eigenvalue weighted by atomic mass is 16.2. The van der Waals surface area contributed by atoms with Crippen molar-refractivity contribution < 1.29 is 4.79 Å². The second-order valence-corrected chi connectivity index (χ2v) is 5.78. The van der Waals surface area contributed by atoms with Crippen molar-refractivity contribution in [3.8, 4) is 0 Å². The van der Waals surface area contributed by atoms with Gasteiger partial charge in [0.05, 0.1) is 11.9 Å². The van der Waals surface area contributed by atoms with Crippen LogP contribution >= 0.6 is 0 Å². The number of nitrogens with zero attached hydrogens (tertiary/aromatic N) is 1. The standard InChI is InChI=1S/C18H21N3O/c1-3-13-6-4-5-12(2)17(13)20-15-9-10-16(19-11-15)21-18(22)14-7-8-14/h4-6,9-11,14,20H,3,7-8H2,1-2H3,(H,19,21,22). The van der Waals surface area contributed by atoms with Crippen LogP contribution in [0.25, 0.3) is 0 Å². The van der Waals surface area contributed by atoms with Crippen molar-refractivity contribution in [2.75, 3.05) is 10.6 Å². The van der Waals surface area contributed by atoms with Crippen LogP contribution < -0.4 is 10.6 Å². The van der Waals surface area contributed by atoms with Crippen LogP contribution in [0, 0.1) is 12.8 Å². The molecule has 0 unspecified atom stereocenters. The van der Waals surface area contributed by atoms with Crippen molar-refractivity contribution in [1.82, 2.24) is 4.98 Å². The third kappa shape index (κ3) is 3.27. The first-order chi connectivity index (χ1) is 10.7. The number of para-hydroxylation sites is 1. The monoisotopic (exact) mass is 295 g/mol. The molecule has 0 bridgehead atoms. The number of amides is 1. The normalized spacial score (nSPS) is 13.7. The fourth-order valence-electron chi connectivity index (χ4n) is 2.46. The zero-order valence-electron chi connectivity index (χ0n) is 13.0. The van der Waals surface area contributed by atoms with E-state index in [2.05, 4.69) is 47.7 Å². The summed E-state index contributed by atoms with van der Waals surface area (Å²) in [6.07, 6.45) is 4.73. The van der Waals surface area contributed by atoms with Gasteiger partial charge in [0.1, 0.15) is 5.82 Å². The molecule has 1 heterocycles. The van der Waals surface area contributed by atoms with E-state index in [0.29, 0.717) is 5.82 Å². The van der Waals surface area contributed by atoms with Crippen LogP contribution in [-0.4, -0.2) is 10.9 Å². The highest BCUT2D eigenvalue weighted by Gasteiger charge is 2.29. The molecule has 2 aromatic rings. The highest BCUT2D eigenvalue weighted by Crippen LogP contribution is 2.30. The minimum atomic E-state index is 0.0837. The van der Waals surface area contributed by atoms with E-state index in [9.17, 15) is 4.79 Å². The van der Waals surface area contributed by atoms with Crippen molar-refractivity contribution in [2.45, 2.75) is 33.1 Å². The van der Waals surface area contributed by atoms with Crippen LogP contribution in [0.1, 0.15) is 30.9 Å². The van der Waals surface area contributed by atoms with Gasteiger partial charge in [0.15, 0.2) is 0 Å². The number of anilines is 3. The SMILES string of the molecule is CCc1cccc(C)c1Nc1ccc(NC(=O)C2CC2)nc1. The quantitative estimate of drug-likeness (QED) is 0.875. The molecule has 0 aliphatic heterocycles. The van der Waals surface area contributed by atoms with E-state index >= 15 is 0 Å². The molecule has 0 atom stereocenters. The number of nitrogens with one attached hydrogen (secondary N) is 2. The number of carbonyl (C=O) groups is 1. The minimum Gasteiger partial charge on any atom is -0.354 e. The summed E-state index contributed by atoms with van der Waals surface area (Å²) in [5.74, 6) is 0.891. The van der Waals surface area contributed by atoms with Crippen molar-refractivity contribution in [2.24, 2.45) is 5.92 Å². The number of hydrogen-bond donors (Lipinski definition) is 2. The molecule has 0 saturated heterocycles. The second kappa shape index (κ2) is 6.18. The predicted molar refractivity (Wildman–Crippen MR) is 89.4 cm³/mol. The fourth-order valence-corrected chi connectivity index (χ4v) is 2.46. The minimum absolute atomic E-state index is 0.0837. The molecule has 4 nitrogen and oxygen atoms in total. The molecule has 1 aromatic carbocycles. The summed E-state index contributed by atoms with van der Waals surface area (Å²) in [5.41, 5.74) is 4.56. The summed E-state index contributed by atoms with van der Waals surface area (Å²) < 4.78 is 0. The van der Waals surface area contributed by atoms with E-state index in [1.165, 1.54) is 11.1 Å². The maximum Gasteiger partial charge on any atom is 0.228 e. The first-order valence-corrected chi connectivity index (χ1v) is 7.80. The molecule has 1 amide bonds. The van der Waals surface area contributed by atoms with Crippen molar-refractivity contribution in [3.05, 3.63) is 47.7 Å². The van der Waals surface area contributed by atoms with Crippen LogP contribution in [0.3, 0.4) is 0 Å². The molecule has 4 heteroatoms. The Morgan fingerprint density at radius 2 is 2.09 bits per heavy atom. The molecule has 114 valence electrons. The van der Waals surface area contributed by atoms with Crippen LogP contribution in [0.4, 0.5) is 17.2 Å². The number of aromatic nitrogens is 1. The Morgan fingerprint density at radius 1 is 1.27 bits per heavy atom. The third-order valence-electron chi connectivity index (χ3n) is 3.97. The van der Waals surface area contributed by atoms with Gasteiger partial charge < -0.3 is 10.6 Å². The number of aryl methyl sites for hydroxylation is 2. The third-order valence-corrected chi connectivity index (χ3v) is 3.97. The van der Waals surface area contributed by atoms with Gasteiger partial charge in [-0.2, -0.15) is 0 Å². The molecular weight excluding hydrogens is 274 g/mol. The summed E-state index contributed by atoms with van der Waals surface area (Å²) in [6.45, 7) is 4.24. The Hall–Kier alpha value is -2.36. The fraction of sp³-hybridized carbons (Fsp3) is 0.333. The topological polar surface area (TPSA) is 54.0 Å². The van der Waals surface area contributed by atoms with Gasteiger partial charge in [-0.15, -0.1) is 0 Å². The average Bonchev–Trinajstić information content (AvgIpc) is 3.36. The lowest BCUT2D eigenvalue weighted by atomic mass is 10.1. The predicted octanol–water partition coefficient (Wildman–Crippen LogP) is 4.04. The van der Waals surface area contributed by atoms with Crippen LogP contribution in [0.5, 0.6) is 0 Å². The summed E-state index contributed by atoms with van der Waals surface area (Å²) in [6, 6.07) is 10.1. The molecule has 1 aliphatic carbocycles. The Morgan fingerprint density at radius 3 is 2.73 bits per heavy atom. The Balaban J connectivity index is 1.72. The molecule has 1 aliphatic rings. The van der Waals surface area contributed by atoms with E-state index in [1.807, 2.05) is 12.1 Å². The number of pyridine rings is 1. The van der Waals surface area contributed by atoms with E-state index in [1.54, 1.807) is 6.20 Å². The molecule has 0 spiro atoms. The van der Waals surface area contributed by atoms with Crippen molar-refractivity contribution in [1.29, 1.82) is 0 Å². The molecule has 1 saturated carbocycles. The van der Waals surface area contributed by atoms with E-state index < -0.39 is 0 Å². The maximum atomic E-state index is 11.7. The smallest absolute Gasteiger partial charge is 0.228 e. The summed E-state index contributed by atoms with van der Waals surface area (Å²) in [4.78, 5) is 16.0. The lowest BCUT2D eigenvalue weighted by Gasteiger charge is -2.14. The van der Waals surface area contributed by atoms with Crippen LogP contribution in [-0.2, 0) is 11.2 Å². The van der Waals surface area contributed by atoms with Gasteiger partial charge in [-0.25, -0.2) is 4.98 Å².